The van der Waals surface area contributed by atoms with E-state index in [1.807, 2.05) is 12.1 Å². The molecule has 0 aliphatic rings. The molecule has 3 aromatic rings. The van der Waals surface area contributed by atoms with Gasteiger partial charge in [-0.3, -0.25) is 0 Å². The van der Waals surface area contributed by atoms with Gasteiger partial charge in [0.1, 0.15) is 11.3 Å². The number of H-pyrrole nitrogens is 1. The third-order valence-electron chi connectivity index (χ3n) is 2.39. The molecule has 15 heavy (non-hydrogen) atoms. The van der Waals surface area contributed by atoms with Crippen LogP contribution in [0.25, 0.3) is 22.1 Å². The summed E-state index contributed by atoms with van der Waals surface area (Å²) in [4.78, 5) is 11.4. The minimum Gasteiger partial charge on any atom is -0.324 e. The minimum absolute atomic E-state index is 0.624. The van der Waals surface area contributed by atoms with Crippen molar-refractivity contribution in [1.82, 2.24) is 15.0 Å². The van der Waals surface area contributed by atoms with Gasteiger partial charge < -0.3 is 4.98 Å². The van der Waals surface area contributed by atoms with Gasteiger partial charge in [-0.25, -0.2) is 9.97 Å². The number of pyridine rings is 2. The van der Waals surface area contributed by atoms with Crippen molar-refractivity contribution in [2.24, 2.45) is 0 Å². The van der Waals surface area contributed by atoms with Crippen LogP contribution in [0.15, 0.2) is 30.6 Å². The maximum Gasteiger partial charge on any atom is 0.140 e. The fourth-order valence-corrected chi connectivity index (χ4v) is 1.74. The Hall–Kier alpha value is -2.41. The molecule has 0 unspecified atom stereocenters. The summed E-state index contributed by atoms with van der Waals surface area (Å²) in [5.74, 6) is 0. The number of nitriles is 1. The molecule has 0 atom stereocenters. The van der Waals surface area contributed by atoms with E-state index in [4.69, 9.17) is 5.26 Å². The largest absolute Gasteiger partial charge is 0.324 e. The molecule has 70 valence electrons. The van der Waals surface area contributed by atoms with Crippen LogP contribution >= 0.6 is 0 Å². The first kappa shape index (κ1) is 7.94. The zero-order valence-corrected chi connectivity index (χ0v) is 7.73. The first-order valence-electron chi connectivity index (χ1n) is 4.51. The Kier molecular flexibility index (Phi) is 1.48. The molecule has 0 bridgehead atoms. The van der Waals surface area contributed by atoms with E-state index >= 15 is 0 Å². The van der Waals surface area contributed by atoms with Gasteiger partial charge in [-0.05, 0) is 18.2 Å². The first-order valence-corrected chi connectivity index (χ1v) is 4.51. The number of aromatic nitrogens is 3. The van der Waals surface area contributed by atoms with Gasteiger partial charge in [0.2, 0.25) is 0 Å². The number of fused-ring (bicyclic) bond motifs is 3. The van der Waals surface area contributed by atoms with Crippen molar-refractivity contribution >= 4 is 22.1 Å². The molecule has 0 amide bonds. The lowest BCUT2D eigenvalue weighted by molar-refractivity contribution is 1.29. The van der Waals surface area contributed by atoms with Gasteiger partial charge in [-0.1, -0.05) is 0 Å². The highest BCUT2D eigenvalue weighted by Gasteiger charge is 2.08. The molecule has 0 radical (unpaired) electrons. The molecule has 0 fully saturated rings. The molecule has 0 saturated heterocycles. The normalized spacial score (nSPS) is 10.6. The van der Waals surface area contributed by atoms with Gasteiger partial charge in [0.15, 0.2) is 0 Å². The van der Waals surface area contributed by atoms with Crippen LogP contribution in [0.4, 0.5) is 0 Å². The summed E-state index contributed by atoms with van der Waals surface area (Å²) >= 11 is 0. The van der Waals surface area contributed by atoms with Crippen molar-refractivity contribution in [3.63, 3.8) is 0 Å². The molecule has 0 spiro atoms. The van der Waals surface area contributed by atoms with E-state index in [0.29, 0.717) is 11.2 Å². The van der Waals surface area contributed by atoms with Crippen LogP contribution in [0.3, 0.4) is 0 Å². The lowest BCUT2D eigenvalue weighted by Gasteiger charge is -1.91. The number of nitrogens with zero attached hydrogens (tertiary/aromatic N) is 3. The van der Waals surface area contributed by atoms with Crippen molar-refractivity contribution in [3.05, 3.63) is 36.2 Å². The summed E-state index contributed by atoms with van der Waals surface area (Å²) in [6, 6.07) is 7.66. The van der Waals surface area contributed by atoms with E-state index in [9.17, 15) is 0 Å². The smallest absolute Gasteiger partial charge is 0.140 e. The van der Waals surface area contributed by atoms with Gasteiger partial charge in [0.05, 0.1) is 11.6 Å². The fraction of sp³-hybridized carbons (Fsp3) is 0. The van der Waals surface area contributed by atoms with E-state index in [-0.39, 0.29) is 0 Å². The molecule has 0 aliphatic heterocycles. The Morgan fingerprint density at radius 3 is 2.87 bits per heavy atom. The molecular formula is C11H6N4. The van der Waals surface area contributed by atoms with Crippen LogP contribution in [0.2, 0.25) is 0 Å². The van der Waals surface area contributed by atoms with Crippen LogP contribution < -0.4 is 0 Å². The van der Waals surface area contributed by atoms with Crippen LogP contribution in [0, 0.1) is 11.3 Å². The Morgan fingerprint density at radius 1 is 1.13 bits per heavy atom. The van der Waals surface area contributed by atoms with Gasteiger partial charge in [-0.15, -0.1) is 0 Å². The number of rotatable bonds is 0. The van der Waals surface area contributed by atoms with Crippen LogP contribution in [0.5, 0.6) is 0 Å². The summed E-state index contributed by atoms with van der Waals surface area (Å²) < 4.78 is 0. The molecule has 3 aromatic heterocycles. The second-order valence-corrected chi connectivity index (χ2v) is 3.22. The molecule has 1 N–H and O–H groups in total. The van der Waals surface area contributed by atoms with E-state index < -0.39 is 0 Å². The predicted octanol–water partition coefficient (Wildman–Crippen LogP) is 1.98. The van der Waals surface area contributed by atoms with Gasteiger partial charge in [0, 0.05) is 23.2 Å². The van der Waals surface area contributed by atoms with Gasteiger partial charge in [-0.2, -0.15) is 5.26 Å². The predicted molar refractivity (Wildman–Crippen MR) is 56.1 cm³/mol. The first-order chi connectivity index (χ1) is 7.40. The van der Waals surface area contributed by atoms with E-state index in [1.165, 1.54) is 0 Å². The summed E-state index contributed by atoms with van der Waals surface area (Å²) in [6.45, 7) is 0. The second-order valence-electron chi connectivity index (χ2n) is 3.22. The molecule has 3 heterocycles. The number of nitrogens with one attached hydrogen (secondary N) is 1. The number of aromatic amines is 1. The fourth-order valence-electron chi connectivity index (χ4n) is 1.74. The van der Waals surface area contributed by atoms with E-state index in [0.717, 1.165) is 16.4 Å². The Labute approximate surface area is 85.2 Å². The third kappa shape index (κ3) is 1.00. The molecular weight excluding hydrogens is 188 g/mol. The molecule has 0 aromatic carbocycles. The third-order valence-corrected chi connectivity index (χ3v) is 2.39. The average Bonchev–Trinajstić information content (AvgIpc) is 2.67. The second kappa shape index (κ2) is 2.79. The highest BCUT2D eigenvalue weighted by molar-refractivity contribution is 6.07. The zero-order chi connectivity index (χ0) is 10.3. The molecule has 4 heteroatoms. The summed E-state index contributed by atoms with van der Waals surface area (Å²) in [7, 11) is 0. The summed E-state index contributed by atoms with van der Waals surface area (Å²) in [6.07, 6.45) is 3.33. The Balaban J connectivity index is 2.64. The molecule has 0 aliphatic carbocycles. The molecule has 4 nitrogen and oxygen atoms in total. The molecule has 0 saturated carbocycles. The van der Waals surface area contributed by atoms with Crippen molar-refractivity contribution < 1.29 is 0 Å². The monoisotopic (exact) mass is 194 g/mol. The number of hydrogen-bond donors (Lipinski definition) is 1. The molecule has 3 rings (SSSR count). The highest BCUT2D eigenvalue weighted by atomic mass is 14.9. The van der Waals surface area contributed by atoms with Gasteiger partial charge >= 0.3 is 0 Å². The van der Waals surface area contributed by atoms with Crippen LogP contribution in [-0.2, 0) is 0 Å². The van der Waals surface area contributed by atoms with Gasteiger partial charge in [0.25, 0.3) is 0 Å². The minimum atomic E-state index is 0.624. The SMILES string of the molecule is N#Cc1ccnc2[nH]c3ncccc3c12. The van der Waals surface area contributed by atoms with Crippen molar-refractivity contribution in [1.29, 1.82) is 5.26 Å². The maximum absolute atomic E-state index is 9.00. The van der Waals surface area contributed by atoms with Crippen LogP contribution in [0.1, 0.15) is 5.56 Å². The quantitative estimate of drug-likeness (QED) is 0.595. The summed E-state index contributed by atoms with van der Waals surface area (Å²) in [5, 5.41) is 10.8. The Bertz CT molecular complexity index is 690. The lowest BCUT2D eigenvalue weighted by atomic mass is 10.1. The van der Waals surface area contributed by atoms with Crippen molar-refractivity contribution in [2.45, 2.75) is 0 Å². The highest BCUT2D eigenvalue weighted by Crippen LogP contribution is 2.24. The zero-order valence-electron chi connectivity index (χ0n) is 7.73. The standard InChI is InChI=1S/C11H6N4/c12-6-7-3-5-14-11-9(7)8-2-1-4-13-10(8)15-11/h1-5H,(H,13,14,15). The number of hydrogen-bond acceptors (Lipinski definition) is 3. The van der Waals surface area contributed by atoms with Crippen molar-refractivity contribution in [3.8, 4) is 6.07 Å². The van der Waals surface area contributed by atoms with Crippen LogP contribution in [-0.4, -0.2) is 15.0 Å². The summed E-state index contributed by atoms with van der Waals surface area (Å²) in [5.41, 5.74) is 2.10. The van der Waals surface area contributed by atoms with E-state index in [1.54, 1.807) is 18.5 Å². The maximum atomic E-state index is 9.00. The lowest BCUT2D eigenvalue weighted by Crippen LogP contribution is -1.79. The topological polar surface area (TPSA) is 65.4 Å². The van der Waals surface area contributed by atoms with E-state index in [2.05, 4.69) is 21.0 Å². The van der Waals surface area contributed by atoms with Crippen molar-refractivity contribution in [2.75, 3.05) is 0 Å². The Morgan fingerprint density at radius 2 is 2.00 bits per heavy atom. The average molecular weight is 194 g/mol.